The Morgan fingerprint density at radius 3 is 2.20 bits per heavy atom. The van der Waals surface area contributed by atoms with Gasteiger partial charge in [-0.25, -0.2) is 0 Å². The maximum Gasteiger partial charge on any atom is 0.150 e. The van der Waals surface area contributed by atoms with Crippen LogP contribution in [0.2, 0.25) is 0 Å². The SMILES string of the molecule is CC(=O)C(Sc1ccccc1Br)C(C)=O. The first-order valence-corrected chi connectivity index (χ1v) is 6.11. The van der Waals surface area contributed by atoms with Gasteiger partial charge in [-0.1, -0.05) is 12.1 Å². The van der Waals surface area contributed by atoms with Gasteiger partial charge in [0.15, 0.2) is 11.6 Å². The molecule has 1 aromatic rings. The molecule has 0 aliphatic rings. The fourth-order valence-electron chi connectivity index (χ4n) is 1.12. The Morgan fingerprint density at radius 2 is 1.73 bits per heavy atom. The number of Topliss-reactive ketones (excluding diaryl/α,β-unsaturated/α-hetero) is 2. The fraction of sp³-hybridized carbons (Fsp3) is 0.273. The van der Waals surface area contributed by atoms with E-state index in [1.807, 2.05) is 24.3 Å². The molecule has 4 heteroatoms. The molecule has 0 aliphatic heterocycles. The zero-order valence-corrected chi connectivity index (χ0v) is 10.9. The van der Waals surface area contributed by atoms with Crippen molar-refractivity contribution >= 4 is 39.3 Å². The zero-order chi connectivity index (χ0) is 11.4. The van der Waals surface area contributed by atoms with E-state index in [0.29, 0.717) is 0 Å². The summed E-state index contributed by atoms with van der Waals surface area (Å²) in [6.45, 7) is 2.88. The summed E-state index contributed by atoms with van der Waals surface area (Å²) in [4.78, 5) is 23.4. The number of benzene rings is 1. The summed E-state index contributed by atoms with van der Waals surface area (Å²) in [5, 5.41) is -0.594. The summed E-state index contributed by atoms with van der Waals surface area (Å²) in [5.74, 6) is -0.216. The lowest BCUT2D eigenvalue weighted by atomic mass is 10.2. The van der Waals surface area contributed by atoms with Gasteiger partial charge in [-0.2, -0.15) is 0 Å². The van der Waals surface area contributed by atoms with Gasteiger partial charge >= 0.3 is 0 Å². The van der Waals surface area contributed by atoms with Crippen molar-refractivity contribution in [2.24, 2.45) is 0 Å². The number of carbonyl (C=O) groups excluding carboxylic acids is 2. The Kier molecular flexibility index (Phi) is 4.54. The first-order chi connectivity index (χ1) is 7.02. The molecule has 0 N–H and O–H groups in total. The molecular formula is C11H11BrO2S. The van der Waals surface area contributed by atoms with Crippen LogP contribution in [0, 0.1) is 0 Å². The van der Waals surface area contributed by atoms with Crippen LogP contribution in [0.3, 0.4) is 0 Å². The van der Waals surface area contributed by atoms with Gasteiger partial charge in [0.25, 0.3) is 0 Å². The monoisotopic (exact) mass is 286 g/mol. The van der Waals surface area contributed by atoms with Gasteiger partial charge in [-0.3, -0.25) is 9.59 Å². The molecule has 1 rings (SSSR count). The third kappa shape index (κ3) is 3.47. The Balaban J connectivity index is 2.88. The smallest absolute Gasteiger partial charge is 0.150 e. The maximum absolute atomic E-state index is 11.2. The molecule has 2 nitrogen and oxygen atoms in total. The quantitative estimate of drug-likeness (QED) is 0.630. The van der Waals surface area contributed by atoms with Crippen molar-refractivity contribution in [3.05, 3.63) is 28.7 Å². The van der Waals surface area contributed by atoms with E-state index in [0.717, 1.165) is 9.37 Å². The lowest BCUT2D eigenvalue weighted by Crippen LogP contribution is -2.22. The minimum Gasteiger partial charge on any atom is -0.298 e. The van der Waals surface area contributed by atoms with Crippen LogP contribution in [0.15, 0.2) is 33.6 Å². The molecular weight excluding hydrogens is 276 g/mol. The van der Waals surface area contributed by atoms with Crippen LogP contribution >= 0.6 is 27.7 Å². The predicted octanol–water partition coefficient (Wildman–Crippen LogP) is 3.09. The summed E-state index contributed by atoms with van der Waals surface area (Å²) in [6.07, 6.45) is 0. The van der Waals surface area contributed by atoms with Crippen molar-refractivity contribution in [2.45, 2.75) is 24.0 Å². The molecule has 0 heterocycles. The molecule has 80 valence electrons. The third-order valence-corrected chi connectivity index (χ3v) is 4.28. The van der Waals surface area contributed by atoms with Gasteiger partial charge in [0.1, 0.15) is 5.25 Å². The van der Waals surface area contributed by atoms with Crippen molar-refractivity contribution in [1.82, 2.24) is 0 Å². The van der Waals surface area contributed by atoms with Crippen molar-refractivity contribution < 1.29 is 9.59 Å². The number of thioether (sulfide) groups is 1. The van der Waals surface area contributed by atoms with Crippen LogP contribution in [-0.4, -0.2) is 16.8 Å². The molecule has 0 radical (unpaired) electrons. The van der Waals surface area contributed by atoms with Crippen LogP contribution in [-0.2, 0) is 9.59 Å². The number of halogens is 1. The number of rotatable bonds is 4. The minimum absolute atomic E-state index is 0.108. The maximum atomic E-state index is 11.2. The molecule has 0 saturated carbocycles. The summed E-state index contributed by atoms with van der Waals surface area (Å²) in [6, 6.07) is 7.54. The number of hydrogen-bond donors (Lipinski definition) is 0. The van der Waals surface area contributed by atoms with E-state index in [9.17, 15) is 9.59 Å². The van der Waals surface area contributed by atoms with Crippen molar-refractivity contribution in [1.29, 1.82) is 0 Å². The van der Waals surface area contributed by atoms with Crippen molar-refractivity contribution in [2.75, 3.05) is 0 Å². The Hall–Kier alpha value is -0.610. The van der Waals surface area contributed by atoms with Crippen molar-refractivity contribution in [3.63, 3.8) is 0 Å². The zero-order valence-electron chi connectivity index (χ0n) is 8.49. The van der Waals surface area contributed by atoms with Gasteiger partial charge in [-0.05, 0) is 41.9 Å². The standard InChI is InChI=1S/C11H11BrO2S/c1-7(13)11(8(2)14)15-10-6-4-3-5-9(10)12/h3-6,11H,1-2H3. The second kappa shape index (κ2) is 5.47. The van der Waals surface area contributed by atoms with Gasteiger partial charge in [0.2, 0.25) is 0 Å². The molecule has 0 saturated heterocycles. The van der Waals surface area contributed by atoms with Gasteiger partial charge in [0.05, 0.1) is 0 Å². The van der Waals surface area contributed by atoms with E-state index in [2.05, 4.69) is 15.9 Å². The Labute approximate surface area is 102 Å². The highest BCUT2D eigenvalue weighted by molar-refractivity contribution is 9.10. The molecule has 0 unspecified atom stereocenters. The van der Waals surface area contributed by atoms with Crippen LogP contribution in [0.25, 0.3) is 0 Å². The highest BCUT2D eigenvalue weighted by Gasteiger charge is 2.21. The third-order valence-electron chi connectivity index (χ3n) is 1.82. The first kappa shape index (κ1) is 12.5. The summed E-state index contributed by atoms with van der Waals surface area (Å²) in [5.41, 5.74) is 0. The largest absolute Gasteiger partial charge is 0.298 e. The van der Waals surface area contributed by atoms with E-state index in [1.165, 1.54) is 25.6 Å². The van der Waals surface area contributed by atoms with E-state index >= 15 is 0 Å². The van der Waals surface area contributed by atoms with E-state index in [1.54, 1.807) is 0 Å². The fourth-order valence-corrected chi connectivity index (χ4v) is 2.61. The average molecular weight is 287 g/mol. The molecule has 0 aliphatic carbocycles. The number of ketones is 2. The van der Waals surface area contributed by atoms with Gasteiger partial charge in [-0.15, -0.1) is 11.8 Å². The summed E-state index contributed by atoms with van der Waals surface area (Å²) < 4.78 is 0.905. The predicted molar refractivity (Wildman–Crippen MR) is 65.1 cm³/mol. The van der Waals surface area contributed by atoms with Gasteiger partial charge < -0.3 is 0 Å². The molecule has 0 atom stereocenters. The second-order valence-corrected chi connectivity index (χ2v) is 5.15. The normalized spacial score (nSPS) is 10.4. The molecule has 0 fully saturated rings. The molecule has 1 aromatic carbocycles. The average Bonchev–Trinajstić information content (AvgIpc) is 2.15. The Morgan fingerprint density at radius 1 is 1.20 bits per heavy atom. The molecule has 15 heavy (non-hydrogen) atoms. The summed E-state index contributed by atoms with van der Waals surface area (Å²) in [7, 11) is 0. The lowest BCUT2D eigenvalue weighted by molar-refractivity contribution is -0.123. The lowest BCUT2D eigenvalue weighted by Gasteiger charge is -2.10. The van der Waals surface area contributed by atoms with Crippen LogP contribution in [0.5, 0.6) is 0 Å². The van der Waals surface area contributed by atoms with Crippen LogP contribution in [0.1, 0.15) is 13.8 Å². The second-order valence-electron chi connectivity index (χ2n) is 3.15. The van der Waals surface area contributed by atoms with Crippen LogP contribution in [0.4, 0.5) is 0 Å². The Bertz CT molecular complexity index is 376. The van der Waals surface area contributed by atoms with E-state index in [-0.39, 0.29) is 11.6 Å². The van der Waals surface area contributed by atoms with E-state index < -0.39 is 5.25 Å². The van der Waals surface area contributed by atoms with Crippen LogP contribution < -0.4 is 0 Å². The van der Waals surface area contributed by atoms with Crippen molar-refractivity contribution in [3.8, 4) is 0 Å². The topological polar surface area (TPSA) is 34.1 Å². The first-order valence-electron chi connectivity index (χ1n) is 4.44. The summed E-state index contributed by atoms with van der Waals surface area (Å²) >= 11 is 4.67. The number of carbonyl (C=O) groups is 2. The highest BCUT2D eigenvalue weighted by atomic mass is 79.9. The number of hydrogen-bond acceptors (Lipinski definition) is 3. The molecule has 0 spiro atoms. The van der Waals surface area contributed by atoms with E-state index in [4.69, 9.17) is 0 Å². The van der Waals surface area contributed by atoms with Gasteiger partial charge in [0, 0.05) is 9.37 Å². The highest BCUT2D eigenvalue weighted by Crippen LogP contribution is 2.31. The molecule has 0 amide bonds. The molecule has 0 aromatic heterocycles. The molecule has 0 bridgehead atoms. The minimum atomic E-state index is -0.594.